The van der Waals surface area contributed by atoms with Crippen LogP contribution in [0.1, 0.15) is 0 Å². The van der Waals surface area contributed by atoms with E-state index in [1.54, 1.807) is 0 Å². The molecule has 3 nitrogen and oxygen atoms in total. The van der Waals surface area contributed by atoms with E-state index in [2.05, 4.69) is 21.1 Å². The van der Waals surface area contributed by atoms with E-state index < -0.39 is 0 Å². The second kappa shape index (κ2) is 9.43. The van der Waals surface area contributed by atoms with E-state index in [1.807, 2.05) is 63.4 Å². The van der Waals surface area contributed by atoms with Crippen molar-refractivity contribution in [2.24, 2.45) is 0 Å². The molecular formula is C12H33CuN3. The molecule has 0 fully saturated rings. The van der Waals surface area contributed by atoms with Gasteiger partial charge in [-0.25, -0.2) is 0 Å². The van der Waals surface area contributed by atoms with E-state index in [0.717, 1.165) is 13.4 Å². The third-order valence-electron chi connectivity index (χ3n) is 0. The van der Waals surface area contributed by atoms with Crippen LogP contribution in [-0.4, -0.2) is 76.9 Å². The fraction of sp³-hybridized carbons (Fsp3) is 0.750. The minimum absolute atomic E-state index is 0. The smallest absolute Gasteiger partial charge is 0.0434 e. The summed E-state index contributed by atoms with van der Waals surface area (Å²) in [7, 11) is 29.2. The minimum atomic E-state index is 0. The molecule has 4 heteroatoms. The van der Waals surface area contributed by atoms with Crippen molar-refractivity contribution in [1.82, 2.24) is 0 Å². The quantitative estimate of drug-likeness (QED) is 0.358. The molecule has 0 rings (SSSR count). The second-order valence-corrected chi connectivity index (χ2v) is 6.87. The summed E-state index contributed by atoms with van der Waals surface area (Å²) in [5.74, 6) is 0. The van der Waals surface area contributed by atoms with E-state index in [4.69, 9.17) is 0 Å². The Morgan fingerprint density at radius 2 is 0.438 bits per heavy atom. The monoisotopic (exact) mass is 282 g/mol. The van der Waals surface area contributed by atoms with Crippen molar-refractivity contribution in [3.05, 3.63) is 21.1 Å². The molecule has 0 N–H and O–H groups in total. The van der Waals surface area contributed by atoms with Gasteiger partial charge in [-0.3, -0.25) is 0 Å². The molecule has 0 amide bonds. The molecule has 0 saturated carbocycles. The second-order valence-electron chi connectivity index (χ2n) is 6.87. The van der Waals surface area contributed by atoms with E-state index in [0.29, 0.717) is 0 Å². The molecule has 107 valence electrons. The summed E-state index contributed by atoms with van der Waals surface area (Å²) >= 11 is 0. The van der Waals surface area contributed by atoms with Crippen LogP contribution in [-0.2, 0) is 17.1 Å². The average molecular weight is 283 g/mol. The van der Waals surface area contributed by atoms with Gasteiger partial charge in [0.15, 0.2) is 0 Å². The van der Waals surface area contributed by atoms with Crippen molar-refractivity contribution in [3.63, 3.8) is 0 Å². The maximum absolute atomic E-state index is 3.71. The van der Waals surface area contributed by atoms with Crippen molar-refractivity contribution >= 4 is 0 Å². The molecular weight excluding hydrogens is 250 g/mol. The molecule has 0 aromatic carbocycles. The minimum Gasteiger partial charge on any atom is -0.464 e. The molecule has 0 unspecified atom stereocenters. The average Bonchev–Trinajstić information content (AvgIpc) is 1.41. The summed E-state index contributed by atoms with van der Waals surface area (Å²) in [5.41, 5.74) is 0. The molecule has 0 heterocycles. The summed E-state index contributed by atoms with van der Waals surface area (Å²) in [6, 6.07) is 0. The Morgan fingerprint density at radius 1 is 0.438 bits per heavy atom. The summed E-state index contributed by atoms with van der Waals surface area (Å²) in [5, 5.41) is 0. The van der Waals surface area contributed by atoms with Gasteiger partial charge in [0.2, 0.25) is 0 Å². The normalized spacial score (nSPS) is 11.2. The van der Waals surface area contributed by atoms with Gasteiger partial charge in [0.25, 0.3) is 0 Å². The molecule has 16 heavy (non-hydrogen) atoms. The number of hydrogen-bond acceptors (Lipinski definition) is 0. The Morgan fingerprint density at radius 3 is 0.438 bits per heavy atom. The zero-order chi connectivity index (χ0) is 13.5. The van der Waals surface area contributed by atoms with E-state index in [9.17, 15) is 0 Å². The van der Waals surface area contributed by atoms with Crippen molar-refractivity contribution in [3.8, 4) is 0 Å². The van der Waals surface area contributed by atoms with Crippen LogP contribution in [0.3, 0.4) is 0 Å². The molecule has 0 aliphatic rings. The summed E-state index contributed by atoms with van der Waals surface area (Å²) in [6.07, 6.45) is 0. The fourth-order valence-corrected chi connectivity index (χ4v) is 0. The Hall–Kier alpha value is 0.399. The number of nitrogens with zero attached hydrogens (tertiary/aromatic N) is 3. The van der Waals surface area contributed by atoms with Crippen LogP contribution < -0.4 is 0 Å². The topological polar surface area (TPSA) is 0 Å². The first kappa shape index (κ1) is 25.3. The van der Waals surface area contributed by atoms with Crippen LogP contribution in [0.5, 0.6) is 0 Å². The number of rotatable bonds is 0. The maximum Gasteiger partial charge on any atom is 0.0434 e. The van der Waals surface area contributed by atoms with Crippen molar-refractivity contribution in [2.75, 3.05) is 63.4 Å². The number of quaternary nitrogens is 3. The first-order valence-electron chi connectivity index (χ1n) is 4.97. The van der Waals surface area contributed by atoms with Gasteiger partial charge in [-0.05, 0) is 0 Å². The zero-order valence-electron chi connectivity index (χ0n) is 12.8. The van der Waals surface area contributed by atoms with Crippen LogP contribution in [0.4, 0.5) is 0 Å². The molecule has 0 saturated heterocycles. The standard InChI is InChI=1S/3C4H11N.Cu/c3*1-5(2,3)4;/h3*1H2,2-4H3;. The molecule has 0 aromatic rings. The zero-order valence-corrected chi connectivity index (χ0v) is 13.7. The van der Waals surface area contributed by atoms with E-state index in [1.165, 1.54) is 0 Å². The van der Waals surface area contributed by atoms with Crippen LogP contribution >= 0.6 is 0 Å². The first-order chi connectivity index (χ1) is 6.00. The first-order valence-corrected chi connectivity index (χ1v) is 4.97. The van der Waals surface area contributed by atoms with Gasteiger partial charge in [0, 0.05) is 80.5 Å². The Bertz CT molecular complexity index is 91.3. The summed E-state index contributed by atoms with van der Waals surface area (Å²) in [6.45, 7) is 0. The molecule has 0 spiro atoms. The van der Waals surface area contributed by atoms with Crippen molar-refractivity contribution in [2.45, 2.75) is 0 Å². The van der Waals surface area contributed by atoms with Gasteiger partial charge in [0.05, 0.1) is 0 Å². The van der Waals surface area contributed by atoms with Gasteiger partial charge in [-0.2, -0.15) is 0 Å². The van der Waals surface area contributed by atoms with Crippen LogP contribution in [0.2, 0.25) is 0 Å². The van der Waals surface area contributed by atoms with E-state index >= 15 is 0 Å². The predicted octanol–water partition coefficient (Wildman–Crippen LogP) is 1.45. The van der Waals surface area contributed by atoms with Gasteiger partial charge < -0.3 is 13.4 Å². The molecule has 0 bridgehead atoms. The molecule has 0 aromatic heterocycles. The number of hydrogen-bond donors (Lipinski definition) is 0. The predicted molar refractivity (Wildman–Crippen MR) is 70.2 cm³/mol. The third-order valence-corrected chi connectivity index (χ3v) is 0. The van der Waals surface area contributed by atoms with Crippen molar-refractivity contribution < 1.29 is 30.5 Å². The largest absolute Gasteiger partial charge is 0.464 e. The van der Waals surface area contributed by atoms with Crippen LogP contribution in [0.25, 0.3) is 0 Å². The Labute approximate surface area is 115 Å². The summed E-state index contributed by atoms with van der Waals surface area (Å²) < 4.78 is 2.25. The Kier molecular flexibility index (Phi) is 14.9. The molecule has 1 radical (unpaired) electrons. The Balaban J connectivity index is -0.0000000655. The van der Waals surface area contributed by atoms with Gasteiger partial charge in [0.1, 0.15) is 0 Å². The molecule has 0 aliphatic heterocycles. The van der Waals surface area contributed by atoms with Gasteiger partial charge in [-0.15, -0.1) is 21.1 Å². The third kappa shape index (κ3) is 16200. The molecule has 0 atom stereocenters. The van der Waals surface area contributed by atoms with Crippen LogP contribution in [0, 0.1) is 21.1 Å². The van der Waals surface area contributed by atoms with Crippen molar-refractivity contribution in [1.29, 1.82) is 0 Å². The maximum atomic E-state index is 3.71. The van der Waals surface area contributed by atoms with Gasteiger partial charge in [-0.1, -0.05) is 0 Å². The van der Waals surface area contributed by atoms with E-state index in [-0.39, 0.29) is 17.1 Å². The van der Waals surface area contributed by atoms with Crippen LogP contribution in [0.15, 0.2) is 0 Å². The fourth-order valence-electron chi connectivity index (χ4n) is 0. The molecule has 0 aliphatic carbocycles. The van der Waals surface area contributed by atoms with Gasteiger partial charge >= 0.3 is 0 Å². The SMILES string of the molecule is [CH2-][N+](C)(C)C.[CH2-][N+](C)(C)C.[CH2-][N+](C)(C)C.[Cu]. The summed E-state index contributed by atoms with van der Waals surface area (Å²) in [4.78, 5) is 0.